The van der Waals surface area contributed by atoms with E-state index in [4.69, 9.17) is 0 Å². The average Bonchev–Trinajstić information content (AvgIpc) is 2.74. The van der Waals surface area contributed by atoms with Gasteiger partial charge in [-0.2, -0.15) is 0 Å². The lowest BCUT2D eigenvalue weighted by atomic mass is 9.94. The van der Waals surface area contributed by atoms with E-state index in [-0.39, 0.29) is 0 Å². The molecule has 1 aromatic rings. The second-order valence-electron chi connectivity index (χ2n) is 4.13. The molecule has 1 nitrogen and oxygen atoms in total. The molecule has 0 saturated carbocycles. The van der Waals surface area contributed by atoms with E-state index in [1.54, 1.807) is 0 Å². The quantitative estimate of drug-likeness (QED) is 0.725. The zero-order chi connectivity index (χ0) is 11.5. The van der Waals surface area contributed by atoms with Crippen molar-refractivity contribution in [1.29, 1.82) is 0 Å². The zero-order valence-corrected chi connectivity index (χ0v) is 10.2. The third-order valence-corrected chi connectivity index (χ3v) is 3.16. The molecule has 0 amide bonds. The summed E-state index contributed by atoms with van der Waals surface area (Å²) in [4.78, 5) is 0. The van der Waals surface area contributed by atoms with Crippen molar-refractivity contribution in [3.8, 4) is 0 Å². The fraction of sp³-hybridized carbons (Fsp3) is 0.333. The summed E-state index contributed by atoms with van der Waals surface area (Å²) in [5.41, 5.74) is 6.62. The molecule has 2 rings (SSSR count). The van der Waals surface area contributed by atoms with Crippen LogP contribution in [0.25, 0.3) is 5.70 Å². The van der Waals surface area contributed by atoms with E-state index < -0.39 is 0 Å². The molecule has 83 valence electrons. The van der Waals surface area contributed by atoms with Gasteiger partial charge in [-0.25, -0.2) is 0 Å². The first-order valence-corrected chi connectivity index (χ1v) is 5.97. The Morgan fingerprint density at radius 3 is 2.50 bits per heavy atom. The predicted molar refractivity (Wildman–Crippen MR) is 69.1 cm³/mol. The van der Waals surface area contributed by atoms with Gasteiger partial charge in [-0.15, -0.1) is 0 Å². The summed E-state index contributed by atoms with van der Waals surface area (Å²) >= 11 is 0. The Morgan fingerprint density at radius 1 is 1.12 bits per heavy atom. The minimum Gasteiger partial charge on any atom is -0.256 e. The number of allylic oxidation sites excluding steroid dienone is 2. The van der Waals surface area contributed by atoms with E-state index in [0.717, 1.165) is 18.5 Å². The van der Waals surface area contributed by atoms with Crippen LogP contribution in [0.1, 0.15) is 37.5 Å². The maximum absolute atomic E-state index is 4.47. The third-order valence-electron chi connectivity index (χ3n) is 3.16. The standard InChI is InChI=1S/C15H18N/c1-4-12-7-6-8-14(13(12)5-2)15-11(3)9-10-16-15/h6-10H,4-5H2,1-3H3. The van der Waals surface area contributed by atoms with Crippen LogP contribution in [0.2, 0.25) is 0 Å². The first-order valence-electron chi connectivity index (χ1n) is 5.97. The van der Waals surface area contributed by atoms with Crippen molar-refractivity contribution in [2.45, 2.75) is 33.6 Å². The molecule has 1 aromatic carbocycles. The highest BCUT2D eigenvalue weighted by Crippen LogP contribution is 2.27. The van der Waals surface area contributed by atoms with Crippen LogP contribution >= 0.6 is 0 Å². The topological polar surface area (TPSA) is 14.1 Å². The number of benzene rings is 1. The van der Waals surface area contributed by atoms with Crippen molar-refractivity contribution >= 4 is 5.70 Å². The highest BCUT2D eigenvalue weighted by Gasteiger charge is 2.14. The monoisotopic (exact) mass is 212 g/mol. The smallest absolute Gasteiger partial charge is 0.0734 e. The molecule has 0 fully saturated rings. The summed E-state index contributed by atoms with van der Waals surface area (Å²) in [6, 6.07) is 6.55. The van der Waals surface area contributed by atoms with Crippen LogP contribution in [-0.2, 0) is 12.8 Å². The number of nitrogens with zero attached hydrogens (tertiary/aromatic N) is 1. The Morgan fingerprint density at radius 2 is 1.94 bits per heavy atom. The fourth-order valence-electron chi connectivity index (χ4n) is 2.29. The highest BCUT2D eigenvalue weighted by molar-refractivity contribution is 5.74. The molecule has 0 saturated heterocycles. The van der Waals surface area contributed by atoms with Crippen LogP contribution in [0.15, 0.2) is 36.0 Å². The number of rotatable bonds is 3. The van der Waals surface area contributed by atoms with Crippen molar-refractivity contribution in [3.05, 3.63) is 52.7 Å². The van der Waals surface area contributed by atoms with Crippen molar-refractivity contribution in [1.82, 2.24) is 5.32 Å². The minimum atomic E-state index is 1.08. The van der Waals surface area contributed by atoms with Gasteiger partial charge in [0.05, 0.1) is 5.70 Å². The van der Waals surface area contributed by atoms with E-state index in [0.29, 0.717) is 0 Å². The largest absolute Gasteiger partial charge is 0.256 e. The molecule has 1 heterocycles. The maximum atomic E-state index is 4.47. The number of aryl methyl sites for hydroxylation is 1. The van der Waals surface area contributed by atoms with Gasteiger partial charge in [0.2, 0.25) is 0 Å². The molecule has 0 bridgehead atoms. The summed E-state index contributed by atoms with van der Waals surface area (Å²) < 4.78 is 0. The summed E-state index contributed by atoms with van der Waals surface area (Å²) in [7, 11) is 0. The molecule has 0 atom stereocenters. The Balaban J connectivity index is 2.53. The lowest BCUT2D eigenvalue weighted by molar-refractivity contribution is 1.02. The van der Waals surface area contributed by atoms with Gasteiger partial charge in [-0.3, -0.25) is 5.32 Å². The summed E-state index contributed by atoms with van der Waals surface area (Å²) in [5.74, 6) is 0. The minimum absolute atomic E-state index is 1.08. The van der Waals surface area contributed by atoms with Gasteiger partial charge in [0.15, 0.2) is 0 Å². The van der Waals surface area contributed by atoms with Gasteiger partial charge in [-0.05, 0) is 42.5 Å². The Labute approximate surface area is 97.9 Å². The molecule has 0 unspecified atom stereocenters. The van der Waals surface area contributed by atoms with E-state index >= 15 is 0 Å². The van der Waals surface area contributed by atoms with Gasteiger partial charge in [0, 0.05) is 11.8 Å². The molecule has 1 radical (unpaired) electrons. The van der Waals surface area contributed by atoms with E-state index in [1.807, 2.05) is 6.20 Å². The van der Waals surface area contributed by atoms with Crippen LogP contribution in [0.5, 0.6) is 0 Å². The first-order chi connectivity index (χ1) is 7.77. The predicted octanol–water partition coefficient (Wildman–Crippen LogP) is 3.67. The third kappa shape index (κ3) is 1.78. The van der Waals surface area contributed by atoms with Gasteiger partial charge >= 0.3 is 0 Å². The summed E-state index contributed by atoms with van der Waals surface area (Å²) in [6.45, 7) is 6.56. The molecule has 0 aliphatic carbocycles. The Kier molecular flexibility index (Phi) is 3.14. The number of hydrogen-bond donors (Lipinski definition) is 0. The molecule has 1 heteroatoms. The lowest BCUT2D eigenvalue weighted by Crippen LogP contribution is -2.02. The highest BCUT2D eigenvalue weighted by atomic mass is 14.9. The molecule has 0 aromatic heterocycles. The molecule has 0 N–H and O–H groups in total. The van der Waals surface area contributed by atoms with Crippen molar-refractivity contribution < 1.29 is 0 Å². The van der Waals surface area contributed by atoms with Gasteiger partial charge in [0.25, 0.3) is 0 Å². The molecule has 0 spiro atoms. The Bertz CT molecular complexity index is 453. The molecule has 1 aliphatic rings. The van der Waals surface area contributed by atoms with Crippen LogP contribution in [0.4, 0.5) is 0 Å². The number of hydrogen-bond acceptors (Lipinski definition) is 0. The molecule has 1 aliphatic heterocycles. The lowest BCUT2D eigenvalue weighted by Gasteiger charge is -2.13. The van der Waals surface area contributed by atoms with E-state index in [1.165, 1.54) is 22.3 Å². The van der Waals surface area contributed by atoms with E-state index in [2.05, 4.69) is 50.4 Å². The molecular formula is C15H18N. The van der Waals surface area contributed by atoms with Gasteiger partial charge < -0.3 is 0 Å². The van der Waals surface area contributed by atoms with Crippen LogP contribution in [-0.4, -0.2) is 0 Å². The van der Waals surface area contributed by atoms with Crippen molar-refractivity contribution in [2.75, 3.05) is 0 Å². The molecular weight excluding hydrogens is 194 g/mol. The second kappa shape index (κ2) is 4.56. The normalized spacial score (nSPS) is 14.4. The average molecular weight is 212 g/mol. The SMILES string of the molecule is CCc1cccc(C2=C(C)C=C[N]2)c1CC. The van der Waals surface area contributed by atoms with Crippen molar-refractivity contribution in [3.63, 3.8) is 0 Å². The maximum Gasteiger partial charge on any atom is 0.0734 e. The first kappa shape index (κ1) is 11.0. The van der Waals surface area contributed by atoms with Crippen LogP contribution < -0.4 is 5.32 Å². The molecule has 16 heavy (non-hydrogen) atoms. The van der Waals surface area contributed by atoms with Crippen LogP contribution in [0.3, 0.4) is 0 Å². The van der Waals surface area contributed by atoms with E-state index in [9.17, 15) is 0 Å². The second-order valence-corrected chi connectivity index (χ2v) is 4.13. The van der Waals surface area contributed by atoms with Gasteiger partial charge in [0.1, 0.15) is 0 Å². The van der Waals surface area contributed by atoms with Crippen molar-refractivity contribution in [2.24, 2.45) is 0 Å². The summed E-state index contributed by atoms with van der Waals surface area (Å²) in [5, 5.41) is 4.47. The fourth-order valence-corrected chi connectivity index (χ4v) is 2.29. The summed E-state index contributed by atoms with van der Waals surface area (Å²) in [6.07, 6.45) is 6.14. The zero-order valence-electron chi connectivity index (χ0n) is 10.2. The van der Waals surface area contributed by atoms with Gasteiger partial charge in [-0.1, -0.05) is 32.0 Å². The van der Waals surface area contributed by atoms with Crippen LogP contribution in [0, 0.1) is 0 Å². The Hall–Kier alpha value is -1.50.